The van der Waals surface area contributed by atoms with Gasteiger partial charge in [-0.1, -0.05) is 30.3 Å². The summed E-state index contributed by atoms with van der Waals surface area (Å²) in [4.78, 5) is 36.3. The number of piperidine rings is 1. The van der Waals surface area contributed by atoms with Crippen molar-refractivity contribution in [3.63, 3.8) is 0 Å². The van der Waals surface area contributed by atoms with Crippen molar-refractivity contribution in [2.24, 2.45) is 5.92 Å². The molecule has 1 aliphatic heterocycles. The Kier molecular flexibility index (Phi) is 6.23. The molecule has 0 radical (unpaired) electrons. The van der Waals surface area contributed by atoms with Gasteiger partial charge in [0.25, 0.3) is 5.78 Å². The van der Waals surface area contributed by atoms with E-state index in [4.69, 9.17) is 4.74 Å². The van der Waals surface area contributed by atoms with Gasteiger partial charge in [0.2, 0.25) is 0 Å². The lowest BCUT2D eigenvalue weighted by Crippen LogP contribution is -2.55. The summed E-state index contributed by atoms with van der Waals surface area (Å²) >= 11 is 0. The van der Waals surface area contributed by atoms with Crippen LogP contribution >= 0.6 is 0 Å². The molecule has 0 spiro atoms. The molecule has 0 saturated carbocycles. The largest absolute Gasteiger partial charge is 0.469 e. The van der Waals surface area contributed by atoms with E-state index in [0.717, 1.165) is 7.11 Å². The molecule has 0 aliphatic carbocycles. The van der Waals surface area contributed by atoms with E-state index in [0.29, 0.717) is 10.5 Å². The van der Waals surface area contributed by atoms with E-state index in [1.54, 1.807) is 30.3 Å². The zero-order chi connectivity index (χ0) is 19.3. The maximum absolute atomic E-state index is 12.8. The average molecular weight is 373 g/mol. The fraction of sp³-hybridized carbons (Fsp3) is 0.471. The first kappa shape index (κ1) is 19.7. The average Bonchev–Trinajstić information content (AvgIpc) is 2.64. The van der Waals surface area contributed by atoms with Gasteiger partial charge in [0.1, 0.15) is 12.6 Å². The molecular formula is C17H18F3NO5. The van der Waals surface area contributed by atoms with Gasteiger partial charge in [-0.2, -0.15) is 13.2 Å². The van der Waals surface area contributed by atoms with Gasteiger partial charge in [0.15, 0.2) is 0 Å². The molecule has 0 bridgehead atoms. The normalized spacial score (nSPS) is 20.4. The fourth-order valence-corrected chi connectivity index (χ4v) is 2.80. The Hall–Kier alpha value is -2.58. The van der Waals surface area contributed by atoms with Crippen LogP contribution in [0.1, 0.15) is 18.4 Å². The Labute approximate surface area is 147 Å². The number of hydrogen-bond acceptors (Lipinski definition) is 5. The van der Waals surface area contributed by atoms with Gasteiger partial charge in [-0.05, 0) is 18.4 Å². The number of rotatable bonds is 4. The number of carbonyl (C=O) groups is 3. The number of alkyl halides is 3. The van der Waals surface area contributed by atoms with E-state index in [1.165, 1.54) is 0 Å². The quantitative estimate of drug-likeness (QED) is 0.759. The highest BCUT2D eigenvalue weighted by Crippen LogP contribution is 2.29. The second-order valence-electron chi connectivity index (χ2n) is 5.87. The summed E-state index contributed by atoms with van der Waals surface area (Å²) in [5.74, 6) is -3.48. The molecule has 1 saturated heterocycles. The van der Waals surface area contributed by atoms with Crippen LogP contribution < -0.4 is 0 Å². The highest BCUT2D eigenvalue weighted by molar-refractivity contribution is 5.92. The number of likely N-dealkylation sites (tertiary alicyclic amines) is 1. The summed E-state index contributed by atoms with van der Waals surface area (Å²) in [5.41, 5.74) is 0.640. The number of halogens is 3. The molecule has 9 heteroatoms. The lowest BCUT2D eigenvalue weighted by atomic mass is 9.91. The maximum atomic E-state index is 12.8. The second kappa shape index (κ2) is 8.20. The third-order valence-corrected chi connectivity index (χ3v) is 4.14. The topological polar surface area (TPSA) is 72.9 Å². The van der Waals surface area contributed by atoms with Gasteiger partial charge < -0.3 is 9.47 Å². The molecule has 142 valence electrons. The van der Waals surface area contributed by atoms with Gasteiger partial charge in [-0.25, -0.2) is 4.79 Å². The molecule has 1 aromatic carbocycles. The number of amides is 1. The minimum atomic E-state index is -5.08. The van der Waals surface area contributed by atoms with E-state index >= 15 is 0 Å². The van der Waals surface area contributed by atoms with Crippen molar-refractivity contribution in [1.29, 1.82) is 0 Å². The van der Waals surface area contributed by atoms with E-state index in [1.807, 2.05) is 0 Å². The Balaban J connectivity index is 2.14. The fourth-order valence-electron chi connectivity index (χ4n) is 2.80. The van der Waals surface area contributed by atoms with Crippen LogP contribution in [0, 0.1) is 5.92 Å². The molecule has 0 aromatic heterocycles. The molecule has 1 amide bonds. The van der Waals surface area contributed by atoms with Gasteiger partial charge in [0.05, 0.1) is 13.0 Å². The Morgan fingerprint density at radius 3 is 2.38 bits per heavy atom. The summed E-state index contributed by atoms with van der Waals surface area (Å²) in [6, 6.07) is 6.84. The van der Waals surface area contributed by atoms with Crippen LogP contribution in [-0.4, -0.2) is 48.6 Å². The van der Waals surface area contributed by atoms with Crippen LogP contribution in [0.15, 0.2) is 30.3 Å². The molecule has 2 atom stereocenters. The molecule has 26 heavy (non-hydrogen) atoms. The Morgan fingerprint density at radius 2 is 1.81 bits per heavy atom. The number of carbonyl (C=O) groups excluding carboxylic acids is 3. The lowest BCUT2D eigenvalue weighted by Gasteiger charge is -2.37. The van der Waals surface area contributed by atoms with Crippen molar-refractivity contribution in [1.82, 2.24) is 4.90 Å². The third kappa shape index (κ3) is 4.74. The summed E-state index contributed by atoms with van der Waals surface area (Å²) in [6.45, 7) is -0.529. The summed E-state index contributed by atoms with van der Waals surface area (Å²) in [6.07, 6.45) is -6.44. The predicted octanol–water partition coefficient (Wildman–Crippen LogP) is 2.71. The number of esters is 1. The van der Waals surface area contributed by atoms with Crippen molar-refractivity contribution >= 4 is 17.8 Å². The third-order valence-electron chi connectivity index (χ3n) is 4.14. The smallest absolute Gasteiger partial charge is 0.452 e. The van der Waals surface area contributed by atoms with Gasteiger partial charge >= 0.3 is 18.2 Å². The van der Waals surface area contributed by atoms with E-state index in [9.17, 15) is 27.6 Å². The first-order valence-electron chi connectivity index (χ1n) is 7.90. The highest BCUT2D eigenvalue weighted by atomic mass is 19.4. The Bertz CT molecular complexity index is 662. The first-order chi connectivity index (χ1) is 12.2. The number of Topliss-reactive ketones (excluding diaryl/α,β-unsaturated/α-hetero) is 1. The van der Waals surface area contributed by atoms with E-state index in [-0.39, 0.29) is 26.0 Å². The zero-order valence-electron chi connectivity index (χ0n) is 14.0. The van der Waals surface area contributed by atoms with Crippen LogP contribution in [0.2, 0.25) is 0 Å². The van der Waals surface area contributed by atoms with Crippen LogP contribution in [0.25, 0.3) is 0 Å². The highest BCUT2D eigenvalue weighted by Gasteiger charge is 2.49. The van der Waals surface area contributed by atoms with Crippen molar-refractivity contribution < 1.29 is 37.0 Å². The number of nitrogens with zero attached hydrogens (tertiary/aromatic N) is 1. The van der Waals surface area contributed by atoms with Crippen molar-refractivity contribution in [3.8, 4) is 0 Å². The molecule has 2 rings (SSSR count). The van der Waals surface area contributed by atoms with Gasteiger partial charge in [-0.15, -0.1) is 0 Å². The van der Waals surface area contributed by atoms with Crippen molar-refractivity contribution in [2.45, 2.75) is 31.7 Å². The minimum Gasteiger partial charge on any atom is -0.469 e. The Morgan fingerprint density at radius 1 is 1.15 bits per heavy atom. The summed E-state index contributed by atoms with van der Waals surface area (Å²) in [7, 11) is 1.15. The first-order valence-corrected chi connectivity index (χ1v) is 7.90. The molecule has 0 unspecified atom stereocenters. The number of ketones is 1. The van der Waals surface area contributed by atoms with E-state index < -0.39 is 36.0 Å². The monoisotopic (exact) mass is 373 g/mol. The zero-order valence-corrected chi connectivity index (χ0v) is 14.0. The molecule has 1 aliphatic rings. The molecule has 0 N–H and O–H groups in total. The number of benzene rings is 1. The summed E-state index contributed by atoms with van der Waals surface area (Å²) in [5, 5.41) is 0. The van der Waals surface area contributed by atoms with Gasteiger partial charge in [0, 0.05) is 6.54 Å². The summed E-state index contributed by atoms with van der Waals surface area (Å²) < 4.78 is 48.1. The van der Waals surface area contributed by atoms with Crippen LogP contribution in [0.3, 0.4) is 0 Å². The molecule has 1 aromatic rings. The number of ether oxygens (including phenoxy) is 2. The molecule has 1 fully saturated rings. The van der Waals surface area contributed by atoms with Crippen LogP contribution in [-0.2, 0) is 25.7 Å². The van der Waals surface area contributed by atoms with Crippen molar-refractivity contribution in [3.05, 3.63) is 35.9 Å². The SMILES string of the molecule is COC(=O)[C@@H]1CC[C@@H](C(=O)C(F)(F)F)N(C(=O)OCc2ccccc2)C1. The second-order valence-corrected chi connectivity index (χ2v) is 5.87. The van der Waals surface area contributed by atoms with E-state index in [2.05, 4.69) is 4.74 Å². The van der Waals surface area contributed by atoms with Crippen molar-refractivity contribution in [2.75, 3.05) is 13.7 Å². The number of hydrogen-bond donors (Lipinski definition) is 0. The van der Waals surface area contributed by atoms with Crippen LogP contribution in [0.4, 0.5) is 18.0 Å². The minimum absolute atomic E-state index is 0.0155. The van der Waals surface area contributed by atoms with Gasteiger partial charge in [-0.3, -0.25) is 14.5 Å². The predicted molar refractivity (Wildman–Crippen MR) is 82.9 cm³/mol. The molecule has 1 heterocycles. The van der Waals surface area contributed by atoms with Crippen LogP contribution in [0.5, 0.6) is 0 Å². The molecular weight excluding hydrogens is 355 g/mol. The standard InChI is InChI=1S/C17H18F3NO5/c1-25-15(23)12-7-8-13(14(22)17(18,19)20)21(9-12)16(24)26-10-11-5-3-2-4-6-11/h2-6,12-13H,7-10H2,1H3/t12-,13+/m1/s1. The lowest BCUT2D eigenvalue weighted by molar-refractivity contribution is -0.178. The molecule has 6 nitrogen and oxygen atoms in total. The maximum Gasteiger partial charge on any atom is 0.452 e. The number of methoxy groups -OCH3 is 1.